The molecule has 0 heterocycles. The summed E-state index contributed by atoms with van der Waals surface area (Å²) in [7, 11) is 0. The largest absolute Gasteiger partial charge is 0.508 e. The molecule has 2 unspecified atom stereocenters. The Morgan fingerprint density at radius 2 is 2.13 bits per heavy atom. The van der Waals surface area contributed by atoms with Gasteiger partial charge in [0.2, 0.25) is 0 Å². The molecule has 1 fully saturated rings. The van der Waals surface area contributed by atoms with Crippen LogP contribution in [-0.2, 0) is 0 Å². The molecule has 1 aromatic rings. The van der Waals surface area contributed by atoms with Crippen LogP contribution in [0.2, 0.25) is 0 Å². The minimum atomic E-state index is 0.0871. The first-order chi connectivity index (χ1) is 7.09. The second-order valence-electron chi connectivity index (χ2n) is 4.49. The molecule has 1 saturated carbocycles. The van der Waals surface area contributed by atoms with E-state index < -0.39 is 0 Å². The van der Waals surface area contributed by atoms with Crippen molar-refractivity contribution in [1.82, 2.24) is 0 Å². The first kappa shape index (κ1) is 10.2. The van der Waals surface area contributed by atoms with Gasteiger partial charge in [0.1, 0.15) is 5.75 Å². The minimum absolute atomic E-state index is 0.0871. The van der Waals surface area contributed by atoms with E-state index in [4.69, 9.17) is 0 Å². The quantitative estimate of drug-likeness (QED) is 0.751. The van der Waals surface area contributed by atoms with Crippen molar-refractivity contribution < 1.29 is 9.90 Å². The monoisotopic (exact) mass is 204 g/mol. The van der Waals surface area contributed by atoms with Crippen molar-refractivity contribution in [3.63, 3.8) is 0 Å². The van der Waals surface area contributed by atoms with E-state index in [-0.39, 0.29) is 11.5 Å². The molecule has 2 atom stereocenters. The second kappa shape index (κ2) is 3.69. The maximum Gasteiger partial charge on any atom is 0.160 e. The van der Waals surface area contributed by atoms with E-state index in [1.165, 1.54) is 6.42 Å². The van der Waals surface area contributed by atoms with Crippen molar-refractivity contribution in [2.75, 3.05) is 0 Å². The zero-order valence-electron chi connectivity index (χ0n) is 9.16. The number of aromatic hydroxyl groups is 1. The van der Waals surface area contributed by atoms with Crippen molar-refractivity contribution in [2.24, 2.45) is 5.92 Å². The zero-order valence-corrected chi connectivity index (χ0v) is 9.16. The van der Waals surface area contributed by atoms with E-state index in [9.17, 15) is 9.90 Å². The van der Waals surface area contributed by atoms with Crippen molar-refractivity contribution in [3.05, 3.63) is 29.3 Å². The number of hydrogen-bond donors (Lipinski definition) is 1. The molecule has 2 rings (SSSR count). The number of hydrogen-bond acceptors (Lipinski definition) is 2. The van der Waals surface area contributed by atoms with Gasteiger partial charge in [-0.3, -0.25) is 4.79 Å². The van der Waals surface area contributed by atoms with E-state index >= 15 is 0 Å². The van der Waals surface area contributed by atoms with Gasteiger partial charge in [0.15, 0.2) is 5.78 Å². The molecular weight excluding hydrogens is 188 g/mol. The van der Waals surface area contributed by atoms with Gasteiger partial charge in [0.25, 0.3) is 0 Å². The standard InChI is InChI=1S/C13H16O2/c1-8-3-5-11(8)13-7-10(15)4-6-12(13)9(2)14/h4,6-8,11,15H,3,5H2,1-2H3. The molecule has 1 aliphatic rings. The summed E-state index contributed by atoms with van der Waals surface area (Å²) in [6.45, 7) is 3.78. The van der Waals surface area contributed by atoms with E-state index in [1.807, 2.05) is 0 Å². The highest BCUT2D eigenvalue weighted by Crippen LogP contribution is 2.44. The Balaban J connectivity index is 2.42. The topological polar surface area (TPSA) is 37.3 Å². The molecule has 2 heteroatoms. The van der Waals surface area contributed by atoms with Crippen molar-refractivity contribution in [3.8, 4) is 5.75 Å². The summed E-state index contributed by atoms with van der Waals surface area (Å²) in [4.78, 5) is 11.4. The molecule has 0 aliphatic heterocycles. The van der Waals surface area contributed by atoms with E-state index in [0.717, 1.165) is 17.5 Å². The molecule has 15 heavy (non-hydrogen) atoms. The Labute approximate surface area is 89.9 Å². The summed E-state index contributed by atoms with van der Waals surface area (Å²) in [6, 6.07) is 5.07. The van der Waals surface area contributed by atoms with Gasteiger partial charge in [-0.05, 0) is 55.4 Å². The lowest BCUT2D eigenvalue weighted by molar-refractivity contribution is 0.101. The fourth-order valence-electron chi connectivity index (χ4n) is 2.31. The fraction of sp³-hybridized carbons (Fsp3) is 0.462. The summed E-state index contributed by atoms with van der Waals surface area (Å²) in [5, 5.41) is 9.46. The SMILES string of the molecule is CC(=O)c1ccc(O)cc1C1CCC1C. The number of ketones is 1. The van der Waals surface area contributed by atoms with Gasteiger partial charge in [-0.25, -0.2) is 0 Å². The lowest BCUT2D eigenvalue weighted by atomic mass is 9.69. The molecule has 0 spiro atoms. The van der Waals surface area contributed by atoms with Gasteiger partial charge in [0.05, 0.1) is 0 Å². The number of phenols is 1. The van der Waals surface area contributed by atoms with Crippen LogP contribution in [-0.4, -0.2) is 10.9 Å². The molecule has 2 nitrogen and oxygen atoms in total. The smallest absolute Gasteiger partial charge is 0.160 e. The van der Waals surface area contributed by atoms with Gasteiger partial charge in [-0.1, -0.05) is 6.92 Å². The molecule has 1 N–H and O–H groups in total. The van der Waals surface area contributed by atoms with Crippen LogP contribution >= 0.6 is 0 Å². The van der Waals surface area contributed by atoms with Gasteiger partial charge in [-0.15, -0.1) is 0 Å². The minimum Gasteiger partial charge on any atom is -0.508 e. The molecule has 80 valence electrons. The highest BCUT2D eigenvalue weighted by Gasteiger charge is 2.30. The maximum absolute atomic E-state index is 11.4. The summed E-state index contributed by atoms with van der Waals surface area (Å²) < 4.78 is 0. The van der Waals surface area contributed by atoms with Crippen molar-refractivity contribution in [2.45, 2.75) is 32.6 Å². The molecule has 1 aromatic carbocycles. The number of rotatable bonds is 2. The van der Waals surface area contributed by atoms with Gasteiger partial charge >= 0.3 is 0 Å². The van der Waals surface area contributed by atoms with E-state index in [0.29, 0.717) is 11.8 Å². The highest BCUT2D eigenvalue weighted by atomic mass is 16.3. The Kier molecular flexibility index (Phi) is 2.51. The predicted octanol–water partition coefficient (Wildman–Crippen LogP) is 3.11. The predicted molar refractivity (Wildman–Crippen MR) is 59.3 cm³/mol. The number of Topliss-reactive ketones (excluding diaryl/α,β-unsaturated/α-hetero) is 1. The Hall–Kier alpha value is -1.31. The second-order valence-corrected chi connectivity index (χ2v) is 4.49. The van der Waals surface area contributed by atoms with E-state index in [1.54, 1.807) is 25.1 Å². The summed E-state index contributed by atoms with van der Waals surface area (Å²) >= 11 is 0. The Morgan fingerprint density at radius 1 is 1.40 bits per heavy atom. The number of phenolic OH excluding ortho intramolecular Hbond substituents is 1. The van der Waals surface area contributed by atoms with Crippen LogP contribution in [0.15, 0.2) is 18.2 Å². The fourth-order valence-corrected chi connectivity index (χ4v) is 2.31. The lowest BCUT2D eigenvalue weighted by Gasteiger charge is -2.35. The van der Waals surface area contributed by atoms with Crippen LogP contribution in [0.25, 0.3) is 0 Å². The first-order valence-electron chi connectivity index (χ1n) is 5.43. The highest BCUT2D eigenvalue weighted by molar-refractivity contribution is 5.96. The Bertz CT molecular complexity index is 396. The lowest BCUT2D eigenvalue weighted by Crippen LogP contribution is -2.22. The van der Waals surface area contributed by atoms with Crippen LogP contribution < -0.4 is 0 Å². The van der Waals surface area contributed by atoms with Crippen LogP contribution in [0, 0.1) is 5.92 Å². The van der Waals surface area contributed by atoms with Crippen LogP contribution in [0.5, 0.6) is 5.75 Å². The normalized spacial score (nSPS) is 24.7. The Morgan fingerprint density at radius 3 is 2.60 bits per heavy atom. The molecule has 0 saturated heterocycles. The van der Waals surface area contributed by atoms with E-state index in [2.05, 4.69) is 6.92 Å². The van der Waals surface area contributed by atoms with Crippen LogP contribution in [0.1, 0.15) is 48.5 Å². The summed E-state index contributed by atoms with van der Waals surface area (Å²) in [5.74, 6) is 1.43. The number of benzene rings is 1. The summed E-state index contributed by atoms with van der Waals surface area (Å²) in [6.07, 6.45) is 2.35. The average molecular weight is 204 g/mol. The summed E-state index contributed by atoms with van der Waals surface area (Å²) in [5.41, 5.74) is 1.80. The zero-order chi connectivity index (χ0) is 11.0. The maximum atomic E-state index is 11.4. The van der Waals surface area contributed by atoms with Crippen molar-refractivity contribution in [1.29, 1.82) is 0 Å². The number of carbonyl (C=O) groups is 1. The average Bonchev–Trinajstić information content (AvgIpc) is 2.15. The van der Waals surface area contributed by atoms with Crippen LogP contribution in [0.3, 0.4) is 0 Å². The van der Waals surface area contributed by atoms with Crippen molar-refractivity contribution >= 4 is 5.78 Å². The van der Waals surface area contributed by atoms with Crippen LogP contribution in [0.4, 0.5) is 0 Å². The third-order valence-electron chi connectivity index (χ3n) is 3.43. The van der Waals surface area contributed by atoms with Gasteiger partial charge in [-0.2, -0.15) is 0 Å². The molecule has 0 radical (unpaired) electrons. The molecule has 1 aliphatic carbocycles. The molecule has 0 bridgehead atoms. The van der Waals surface area contributed by atoms with Gasteiger partial charge in [0, 0.05) is 5.56 Å². The third kappa shape index (κ3) is 1.76. The van der Waals surface area contributed by atoms with Gasteiger partial charge < -0.3 is 5.11 Å². The molecule has 0 amide bonds. The molecular formula is C13H16O2. The number of carbonyl (C=O) groups excluding carboxylic acids is 1. The molecule has 0 aromatic heterocycles. The third-order valence-corrected chi connectivity index (χ3v) is 3.43. The first-order valence-corrected chi connectivity index (χ1v) is 5.43.